The molecule has 0 aliphatic carbocycles. The molecule has 2 amide bonds. The van der Waals surface area contributed by atoms with Crippen LogP contribution in [0, 0.1) is 18.8 Å². The highest BCUT2D eigenvalue weighted by Gasteiger charge is 2.64. The van der Waals surface area contributed by atoms with E-state index in [4.69, 9.17) is 4.74 Å². The van der Waals surface area contributed by atoms with Crippen LogP contribution in [0.3, 0.4) is 0 Å². The van der Waals surface area contributed by atoms with Crippen LogP contribution in [0.1, 0.15) is 27.7 Å². The molecular formula is C24H24N2O4S. The third kappa shape index (κ3) is 2.91. The molecule has 0 spiro atoms. The summed E-state index contributed by atoms with van der Waals surface area (Å²) < 4.78 is 5.10. The SMILES string of the molecule is COCCN1C(=O)C2C(C1=O)C(C(=O)c1cccs1)N1c3ccc(C)cc3C(C)=CC21. The van der Waals surface area contributed by atoms with E-state index < -0.39 is 17.9 Å². The number of Topliss-reactive ketones (excluding diaryl/α,β-unsaturated/α-hetero) is 1. The van der Waals surface area contributed by atoms with Crippen molar-refractivity contribution in [1.82, 2.24) is 4.90 Å². The average Bonchev–Trinajstić information content (AvgIpc) is 3.44. The molecule has 0 N–H and O–H groups in total. The van der Waals surface area contributed by atoms with Gasteiger partial charge in [0, 0.05) is 18.4 Å². The highest BCUT2D eigenvalue weighted by molar-refractivity contribution is 7.12. The Labute approximate surface area is 185 Å². The molecule has 1 aromatic carbocycles. The van der Waals surface area contributed by atoms with Crippen molar-refractivity contribution in [2.24, 2.45) is 11.8 Å². The monoisotopic (exact) mass is 436 g/mol. The van der Waals surface area contributed by atoms with Crippen LogP contribution in [0.15, 0.2) is 41.8 Å². The lowest BCUT2D eigenvalue weighted by molar-refractivity contribution is -0.141. The van der Waals surface area contributed by atoms with E-state index in [1.165, 1.54) is 16.2 Å². The van der Waals surface area contributed by atoms with E-state index in [0.29, 0.717) is 4.88 Å². The van der Waals surface area contributed by atoms with Crippen molar-refractivity contribution in [3.63, 3.8) is 0 Å². The predicted octanol–water partition coefficient (Wildman–Crippen LogP) is 3.16. The zero-order valence-electron chi connectivity index (χ0n) is 17.7. The number of nitrogens with zero attached hydrogens (tertiary/aromatic N) is 2. The number of methoxy groups -OCH3 is 1. The number of likely N-dealkylation sites (tertiary alicyclic amines) is 1. The fraction of sp³-hybridized carbons (Fsp3) is 0.375. The van der Waals surface area contributed by atoms with Gasteiger partial charge in [0.05, 0.1) is 35.9 Å². The summed E-state index contributed by atoms with van der Waals surface area (Å²) in [4.78, 5) is 44.4. The average molecular weight is 437 g/mol. The number of benzene rings is 1. The highest BCUT2D eigenvalue weighted by atomic mass is 32.1. The number of ether oxygens (including phenoxy) is 1. The van der Waals surface area contributed by atoms with E-state index in [-0.39, 0.29) is 36.8 Å². The maximum absolute atomic E-state index is 13.7. The highest BCUT2D eigenvalue weighted by Crippen LogP contribution is 2.50. The number of thiophene rings is 1. The number of ketones is 1. The molecule has 2 fully saturated rings. The minimum Gasteiger partial charge on any atom is -0.383 e. The molecule has 2 aromatic rings. The molecule has 3 aliphatic rings. The second kappa shape index (κ2) is 7.43. The molecule has 2 saturated heterocycles. The fourth-order valence-corrected chi connectivity index (χ4v) is 5.98. The van der Waals surface area contributed by atoms with Gasteiger partial charge in [-0.1, -0.05) is 23.8 Å². The number of hydrogen-bond acceptors (Lipinski definition) is 6. The Bertz CT molecular complexity index is 1110. The molecule has 5 rings (SSSR count). The first-order valence-electron chi connectivity index (χ1n) is 10.4. The van der Waals surface area contributed by atoms with E-state index in [9.17, 15) is 14.4 Å². The quantitative estimate of drug-likeness (QED) is 0.532. The normalized spacial score (nSPS) is 26.6. The van der Waals surface area contributed by atoms with Crippen LogP contribution < -0.4 is 4.90 Å². The molecule has 4 atom stereocenters. The second-order valence-electron chi connectivity index (χ2n) is 8.43. The maximum Gasteiger partial charge on any atom is 0.235 e. The summed E-state index contributed by atoms with van der Waals surface area (Å²) in [5.41, 5.74) is 4.17. The number of hydrogen-bond donors (Lipinski definition) is 0. The molecule has 6 nitrogen and oxygen atoms in total. The number of imide groups is 1. The largest absolute Gasteiger partial charge is 0.383 e. The number of carbonyl (C=O) groups excluding carboxylic acids is 3. The summed E-state index contributed by atoms with van der Waals surface area (Å²) in [5, 5.41) is 1.86. The van der Waals surface area contributed by atoms with Crippen LogP contribution in [0.4, 0.5) is 5.69 Å². The number of rotatable bonds is 5. The Hall–Kier alpha value is -2.77. The lowest BCUT2D eigenvalue weighted by Crippen LogP contribution is -2.49. The number of aryl methyl sites for hydroxylation is 1. The predicted molar refractivity (Wildman–Crippen MR) is 119 cm³/mol. The molecule has 0 radical (unpaired) electrons. The Morgan fingerprint density at radius 1 is 1.13 bits per heavy atom. The third-order valence-electron chi connectivity index (χ3n) is 6.65. The second-order valence-corrected chi connectivity index (χ2v) is 9.37. The molecule has 0 bridgehead atoms. The summed E-state index contributed by atoms with van der Waals surface area (Å²) in [5.74, 6) is -1.83. The third-order valence-corrected chi connectivity index (χ3v) is 7.53. The first kappa shape index (κ1) is 20.2. The van der Waals surface area contributed by atoms with Crippen LogP contribution >= 0.6 is 11.3 Å². The molecule has 160 valence electrons. The topological polar surface area (TPSA) is 66.9 Å². The molecule has 31 heavy (non-hydrogen) atoms. The molecule has 0 saturated carbocycles. The Morgan fingerprint density at radius 3 is 2.61 bits per heavy atom. The molecular weight excluding hydrogens is 412 g/mol. The van der Waals surface area contributed by atoms with E-state index in [0.717, 1.165) is 22.4 Å². The summed E-state index contributed by atoms with van der Waals surface area (Å²) >= 11 is 1.37. The lowest BCUT2D eigenvalue weighted by atomic mass is 9.86. The van der Waals surface area contributed by atoms with Crippen LogP contribution in [-0.4, -0.2) is 54.8 Å². The van der Waals surface area contributed by atoms with Crippen molar-refractivity contribution in [2.75, 3.05) is 25.2 Å². The van der Waals surface area contributed by atoms with E-state index in [1.54, 1.807) is 13.2 Å². The van der Waals surface area contributed by atoms with Crippen molar-refractivity contribution in [2.45, 2.75) is 25.9 Å². The molecule has 4 heterocycles. The summed E-state index contributed by atoms with van der Waals surface area (Å²) in [7, 11) is 1.54. The van der Waals surface area contributed by atoms with Crippen LogP contribution in [0.2, 0.25) is 0 Å². The van der Waals surface area contributed by atoms with Crippen molar-refractivity contribution < 1.29 is 19.1 Å². The zero-order chi connectivity index (χ0) is 21.9. The number of carbonyl (C=O) groups is 3. The van der Waals surface area contributed by atoms with Crippen molar-refractivity contribution in [3.05, 3.63) is 57.8 Å². The van der Waals surface area contributed by atoms with E-state index in [2.05, 4.69) is 12.1 Å². The maximum atomic E-state index is 13.7. The molecule has 1 aromatic heterocycles. The summed E-state index contributed by atoms with van der Waals surface area (Å²) in [6.07, 6.45) is 2.06. The van der Waals surface area contributed by atoms with Crippen LogP contribution in [-0.2, 0) is 14.3 Å². The van der Waals surface area contributed by atoms with Gasteiger partial charge in [-0.05, 0) is 43.0 Å². The molecule has 3 aliphatic heterocycles. The van der Waals surface area contributed by atoms with Crippen molar-refractivity contribution >= 4 is 40.2 Å². The molecule has 7 heteroatoms. The van der Waals surface area contributed by atoms with Gasteiger partial charge in [-0.25, -0.2) is 0 Å². The van der Waals surface area contributed by atoms with Gasteiger partial charge < -0.3 is 9.64 Å². The van der Waals surface area contributed by atoms with Gasteiger partial charge >= 0.3 is 0 Å². The minimum absolute atomic E-state index is 0.0956. The first-order chi connectivity index (χ1) is 14.9. The standard InChI is InChI=1S/C24H24N2O4S/c1-13-6-7-16-15(11-13)14(2)12-17-19-20(24(29)25(23(19)28)8-9-30-3)21(26(16)17)22(27)18-5-4-10-31-18/h4-7,10-12,17,19-21H,8-9H2,1-3H3. The zero-order valence-corrected chi connectivity index (χ0v) is 18.5. The van der Waals surface area contributed by atoms with Gasteiger partial charge in [-0.15, -0.1) is 11.3 Å². The van der Waals surface area contributed by atoms with Gasteiger partial charge in [0.15, 0.2) is 5.78 Å². The van der Waals surface area contributed by atoms with Gasteiger partial charge in [0.2, 0.25) is 11.8 Å². The number of amides is 2. The number of fused-ring (bicyclic) bond motifs is 5. The first-order valence-corrected chi connectivity index (χ1v) is 11.3. The number of allylic oxidation sites excluding steroid dienone is 1. The van der Waals surface area contributed by atoms with Crippen LogP contribution in [0.25, 0.3) is 5.57 Å². The van der Waals surface area contributed by atoms with E-state index >= 15 is 0 Å². The summed E-state index contributed by atoms with van der Waals surface area (Å²) in [6, 6.07) is 8.74. The van der Waals surface area contributed by atoms with Crippen molar-refractivity contribution in [1.29, 1.82) is 0 Å². The Balaban J connectivity index is 1.66. The van der Waals surface area contributed by atoms with Crippen LogP contribution in [0.5, 0.6) is 0 Å². The van der Waals surface area contributed by atoms with Gasteiger partial charge in [-0.3, -0.25) is 19.3 Å². The lowest BCUT2D eigenvalue weighted by Gasteiger charge is -2.38. The smallest absolute Gasteiger partial charge is 0.235 e. The van der Waals surface area contributed by atoms with Gasteiger partial charge in [-0.2, -0.15) is 0 Å². The number of anilines is 1. The van der Waals surface area contributed by atoms with Gasteiger partial charge in [0.25, 0.3) is 0 Å². The van der Waals surface area contributed by atoms with Crippen molar-refractivity contribution in [3.8, 4) is 0 Å². The molecule has 4 unspecified atom stereocenters. The van der Waals surface area contributed by atoms with Gasteiger partial charge in [0.1, 0.15) is 6.04 Å². The minimum atomic E-state index is -0.705. The Kier molecular flexibility index (Phi) is 4.83. The summed E-state index contributed by atoms with van der Waals surface area (Å²) in [6.45, 7) is 4.56. The Morgan fingerprint density at radius 2 is 1.90 bits per heavy atom. The fourth-order valence-electron chi connectivity index (χ4n) is 5.29. The van der Waals surface area contributed by atoms with E-state index in [1.807, 2.05) is 42.3 Å².